The third kappa shape index (κ3) is 2.98. The number of hydrogen-bond donors (Lipinski definition) is 1. The molecule has 0 atom stereocenters. The number of aromatic nitrogens is 1. The zero-order chi connectivity index (χ0) is 17.4. The minimum absolute atomic E-state index is 0.117. The SMILES string of the molecule is COc1ccccc1CC(=O)N1CCc2[nH]c3ccc(Cl)cc3c2C1. The van der Waals surface area contributed by atoms with Gasteiger partial charge in [0.2, 0.25) is 5.91 Å². The molecule has 0 saturated carbocycles. The molecular formula is C20H19ClN2O2. The quantitative estimate of drug-likeness (QED) is 0.773. The summed E-state index contributed by atoms with van der Waals surface area (Å²) in [5, 5.41) is 1.82. The van der Waals surface area contributed by atoms with Gasteiger partial charge in [-0.3, -0.25) is 4.79 Å². The number of carbonyl (C=O) groups is 1. The molecule has 25 heavy (non-hydrogen) atoms. The molecule has 5 heteroatoms. The van der Waals surface area contributed by atoms with Crippen LogP contribution in [0.4, 0.5) is 0 Å². The van der Waals surface area contributed by atoms with Gasteiger partial charge in [0.25, 0.3) is 0 Å². The Morgan fingerprint density at radius 2 is 2.12 bits per heavy atom. The van der Waals surface area contributed by atoms with E-state index in [1.54, 1.807) is 7.11 Å². The highest BCUT2D eigenvalue weighted by Crippen LogP contribution is 2.30. The molecule has 0 radical (unpaired) electrons. The van der Waals surface area contributed by atoms with Gasteiger partial charge in [-0.2, -0.15) is 0 Å². The van der Waals surface area contributed by atoms with Crippen molar-refractivity contribution in [1.29, 1.82) is 0 Å². The molecule has 128 valence electrons. The monoisotopic (exact) mass is 354 g/mol. The lowest BCUT2D eigenvalue weighted by Crippen LogP contribution is -2.36. The minimum atomic E-state index is 0.117. The molecular weight excluding hydrogens is 336 g/mol. The lowest BCUT2D eigenvalue weighted by atomic mass is 10.0. The molecule has 0 spiro atoms. The van der Waals surface area contributed by atoms with Crippen LogP contribution >= 0.6 is 11.6 Å². The third-order valence-corrected chi connectivity index (χ3v) is 5.06. The highest BCUT2D eigenvalue weighted by molar-refractivity contribution is 6.31. The van der Waals surface area contributed by atoms with Crippen LogP contribution < -0.4 is 4.74 Å². The number of rotatable bonds is 3. The average Bonchev–Trinajstić information content (AvgIpc) is 2.99. The molecule has 0 fully saturated rings. The summed E-state index contributed by atoms with van der Waals surface area (Å²) in [5.41, 5.74) is 4.38. The second kappa shape index (κ2) is 6.45. The number of ether oxygens (including phenoxy) is 1. The molecule has 4 rings (SSSR count). The number of nitrogens with zero attached hydrogens (tertiary/aromatic N) is 1. The van der Waals surface area contributed by atoms with Gasteiger partial charge in [0, 0.05) is 52.3 Å². The average molecular weight is 355 g/mol. The topological polar surface area (TPSA) is 45.3 Å². The molecule has 2 aromatic carbocycles. The molecule has 1 aliphatic rings. The zero-order valence-electron chi connectivity index (χ0n) is 14.0. The molecule has 4 nitrogen and oxygen atoms in total. The van der Waals surface area contributed by atoms with Crippen LogP contribution in [0.25, 0.3) is 10.9 Å². The Balaban J connectivity index is 1.58. The first-order valence-electron chi connectivity index (χ1n) is 8.34. The first-order valence-corrected chi connectivity index (χ1v) is 8.72. The molecule has 1 amide bonds. The first-order chi connectivity index (χ1) is 12.2. The summed E-state index contributed by atoms with van der Waals surface area (Å²) in [7, 11) is 1.63. The van der Waals surface area contributed by atoms with Gasteiger partial charge in [0.05, 0.1) is 13.5 Å². The van der Waals surface area contributed by atoms with Crippen molar-refractivity contribution in [2.75, 3.05) is 13.7 Å². The van der Waals surface area contributed by atoms with Crippen molar-refractivity contribution in [2.24, 2.45) is 0 Å². The van der Waals surface area contributed by atoms with E-state index in [4.69, 9.17) is 16.3 Å². The Morgan fingerprint density at radius 3 is 2.96 bits per heavy atom. The number of fused-ring (bicyclic) bond motifs is 3. The Hall–Kier alpha value is -2.46. The zero-order valence-corrected chi connectivity index (χ0v) is 14.8. The van der Waals surface area contributed by atoms with Crippen LogP contribution in [0.15, 0.2) is 42.5 Å². The van der Waals surface area contributed by atoms with Gasteiger partial charge in [0.1, 0.15) is 5.75 Å². The van der Waals surface area contributed by atoms with Crippen LogP contribution in [0.5, 0.6) is 5.75 Å². The van der Waals surface area contributed by atoms with Gasteiger partial charge in [-0.1, -0.05) is 29.8 Å². The van der Waals surface area contributed by atoms with E-state index >= 15 is 0 Å². The Labute approximate surface area is 151 Å². The highest BCUT2D eigenvalue weighted by atomic mass is 35.5. The van der Waals surface area contributed by atoms with Crippen molar-refractivity contribution in [3.63, 3.8) is 0 Å². The third-order valence-electron chi connectivity index (χ3n) is 4.82. The van der Waals surface area contributed by atoms with E-state index in [2.05, 4.69) is 4.98 Å². The highest BCUT2D eigenvalue weighted by Gasteiger charge is 2.24. The molecule has 2 heterocycles. The summed E-state index contributed by atoms with van der Waals surface area (Å²) in [6.07, 6.45) is 1.18. The maximum Gasteiger partial charge on any atom is 0.227 e. The van der Waals surface area contributed by atoms with E-state index in [9.17, 15) is 4.79 Å². The van der Waals surface area contributed by atoms with E-state index in [-0.39, 0.29) is 5.91 Å². The summed E-state index contributed by atoms with van der Waals surface area (Å²) in [5.74, 6) is 0.874. The molecule has 0 aliphatic carbocycles. The maximum absolute atomic E-state index is 12.8. The Morgan fingerprint density at radius 1 is 1.28 bits per heavy atom. The fraction of sp³-hybridized carbons (Fsp3) is 0.250. The summed E-state index contributed by atoms with van der Waals surface area (Å²) in [4.78, 5) is 18.2. The van der Waals surface area contributed by atoms with Gasteiger partial charge < -0.3 is 14.6 Å². The number of benzene rings is 2. The molecule has 0 bridgehead atoms. The van der Waals surface area contributed by atoms with Gasteiger partial charge in [-0.05, 0) is 24.3 Å². The second-order valence-electron chi connectivity index (χ2n) is 6.33. The van der Waals surface area contributed by atoms with E-state index in [0.717, 1.165) is 35.2 Å². The predicted molar refractivity (Wildman–Crippen MR) is 99.1 cm³/mol. The standard InChI is InChI=1S/C20H19ClN2O2/c1-25-19-5-3-2-4-13(19)10-20(24)23-9-8-18-16(12-23)15-11-14(21)6-7-17(15)22-18/h2-7,11,22H,8-10,12H2,1H3. The van der Waals surface area contributed by atoms with E-state index in [0.29, 0.717) is 18.0 Å². The number of amides is 1. The van der Waals surface area contributed by atoms with Crippen molar-refractivity contribution >= 4 is 28.4 Å². The van der Waals surface area contributed by atoms with Crippen LogP contribution in [0.2, 0.25) is 5.02 Å². The van der Waals surface area contributed by atoms with Gasteiger partial charge in [-0.15, -0.1) is 0 Å². The van der Waals surface area contributed by atoms with Crippen molar-refractivity contribution in [1.82, 2.24) is 9.88 Å². The van der Waals surface area contributed by atoms with Crippen molar-refractivity contribution in [3.8, 4) is 5.75 Å². The van der Waals surface area contributed by atoms with Crippen molar-refractivity contribution in [3.05, 3.63) is 64.3 Å². The molecule has 1 aromatic heterocycles. The number of hydrogen-bond acceptors (Lipinski definition) is 2. The van der Waals surface area contributed by atoms with Crippen LogP contribution in [0, 0.1) is 0 Å². The predicted octanol–water partition coefficient (Wildman–Crippen LogP) is 3.96. The van der Waals surface area contributed by atoms with Crippen molar-refractivity contribution in [2.45, 2.75) is 19.4 Å². The minimum Gasteiger partial charge on any atom is -0.496 e. The normalized spacial score (nSPS) is 13.8. The van der Waals surface area contributed by atoms with Crippen LogP contribution in [0.3, 0.4) is 0 Å². The summed E-state index contributed by atoms with van der Waals surface area (Å²) in [6, 6.07) is 13.5. The van der Waals surface area contributed by atoms with Gasteiger partial charge in [0.15, 0.2) is 0 Å². The number of nitrogens with one attached hydrogen (secondary N) is 1. The van der Waals surface area contributed by atoms with Crippen molar-refractivity contribution < 1.29 is 9.53 Å². The summed E-state index contributed by atoms with van der Waals surface area (Å²) >= 11 is 6.15. The second-order valence-corrected chi connectivity index (χ2v) is 6.76. The maximum atomic E-state index is 12.8. The number of halogens is 1. The largest absolute Gasteiger partial charge is 0.496 e. The Bertz CT molecular complexity index is 948. The number of methoxy groups -OCH3 is 1. The number of para-hydroxylation sites is 1. The van der Waals surface area contributed by atoms with E-state index in [1.807, 2.05) is 47.4 Å². The van der Waals surface area contributed by atoms with Crippen LogP contribution in [-0.4, -0.2) is 29.4 Å². The number of H-pyrrole nitrogens is 1. The van der Waals surface area contributed by atoms with Crippen LogP contribution in [-0.2, 0) is 24.2 Å². The Kier molecular flexibility index (Phi) is 4.14. The fourth-order valence-corrected chi connectivity index (χ4v) is 3.70. The molecule has 0 unspecified atom stereocenters. The lowest BCUT2D eigenvalue weighted by Gasteiger charge is -2.27. The van der Waals surface area contributed by atoms with Gasteiger partial charge >= 0.3 is 0 Å². The molecule has 3 aromatic rings. The first kappa shape index (κ1) is 16.0. The summed E-state index contributed by atoms with van der Waals surface area (Å²) < 4.78 is 5.36. The van der Waals surface area contributed by atoms with Gasteiger partial charge in [-0.25, -0.2) is 0 Å². The number of aromatic amines is 1. The molecule has 0 saturated heterocycles. The number of carbonyl (C=O) groups excluding carboxylic acids is 1. The molecule has 1 aliphatic heterocycles. The smallest absolute Gasteiger partial charge is 0.227 e. The lowest BCUT2D eigenvalue weighted by molar-refractivity contribution is -0.131. The molecule has 1 N–H and O–H groups in total. The van der Waals surface area contributed by atoms with E-state index < -0.39 is 0 Å². The fourth-order valence-electron chi connectivity index (χ4n) is 3.52. The van der Waals surface area contributed by atoms with E-state index in [1.165, 1.54) is 11.3 Å². The summed E-state index contributed by atoms with van der Waals surface area (Å²) in [6.45, 7) is 1.34. The van der Waals surface area contributed by atoms with Crippen LogP contribution in [0.1, 0.15) is 16.8 Å².